The molecule has 5 nitrogen and oxygen atoms in total. The number of rotatable bonds is 5. The van der Waals surface area contributed by atoms with Crippen molar-refractivity contribution in [2.45, 2.75) is 51.5 Å². The molecule has 1 atom stereocenters. The lowest BCUT2D eigenvalue weighted by Crippen LogP contribution is -2.43. The largest absolute Gasteiger partial charge is 0.349 e. The van der Waals surface area contributed by atoms with E-state index in [9.17, 15) is 13.2 Å². The molecule has 1 saturated heterocycles. The van der Waals surface area contributed by atoms with E-state index in [1.54, 1.807) is 12.1 Å². The molecule has 0 aromatic heterocycles. The first kappa shape index (κ1) is 21.5. The van der Waals surface area contributed by atoms with E-state index < -0.39 is 10.0 Å². The third kappa shape index (κ3) is 4.87. The fraction of sp³-hybridized carbons (Fsp3) is 0.435. The molecule has 1 aliphatic rings. The summed E-state index contributed by atoms with van der Waals surface area (Å²) in [6.45, 7) is 8.77. The quantitative estimate of drug-likeness (QED) is 0.807. The number of nitrogens with one attached hydrogen (secondary N) is 1. The summed E-state index contributed by atoms with van der Waals surface area (Å²) in [5.74, 6) is -0.155. The first-order valence-electron chi connectivity index (χ1n) is 10.1. The fourth-order valence-corrected chi connectivity index (χ4v) is 5.41. The first-order chi connectivity index (χ1) is 13.7. The van der Waals surface area contributed by atoms with Gasteiger partial charge in [0.05, 0.1) is 10.9 Å². The van der Waals surface area contributed by atoms with Crippen LogP contribution in [0.4, 0.5) is 0 Å². The van der Waals surface area contributed by atoms with Crippen LogP contribution in [0.3, 0.4) is 0 Å². The molecule has 2 aromatic carbocycles. The average Bonchev–Trinajstić information content (AvgIpc) is 2.68. The second-order valence-electron chi connectivity index (χ2n) is 8.08. The van der Waals surface area contributed by atoms with Crippen molar-refractivity contribution in [3.05, 3.63) is 64.7 Å². The third-order valence-corrected chi connectivity index (χ3v) is 7.65. The second-order valence-corrected chi connectivity index (χ2v) is 10.0. The lowest BCUT2D eigenvalue weighted by Gasteiger charge is -2.31. The average molecular weight is 415 g/mol. The standard InChI is InChI=1S/C23H30N2O3S/c1-16-5-8-21(9-6-16)29(27,28)25-13-11-20(12-14-25)23(26)24-19(4)22-10-7-17(2)15-18(22)3/h5-10,15,19-20H,11-14H2,1-4H3,(H,24,26). The normalized spacial score (nSPS) is 17.1. The van der Waals surface area contributed by atoms with Crippen LogP contribution in [0.2, 0.25) is 0 Å². The van der Waals surface area contributed by atoms with E-state index in [4.69, 9.17) is 0 Å². The van der Waals surface area contributed by atoms with Gasteiger partial charge in [0.1, 0.15) is 0 Å². The maximum Gasteiger partial charge on any atom is 0.243 e. The molecular formula is C23H30N2O3S. The summed E-state index contributed by atoms with van der Waals surface area (Å²) in [6.07, 6.45) is 1.08. The van der Waals surface area contributed by atoms with Gasteiger partial charge in [-0.25, -0.2) is 8.42 Å². The number of nitrogens with zero attached hydrogens (tertiary/aromatic N) is 1. The van der Waals surface area contributed by atoms with Gasteiger partial charge < -0.3 is 5.32 Å². The molecule has 0 radical (unpaired) electrons. The minimum absolute atomic E-state index is 0.00450. The molecule has 1 fully saturated rings. The summed E-state index contributed by atoms with van der Waals surface area (Å²) >= 11 is 0. The predicted octanol–water partition coefficient (Wildman–Crippen LogP) is 3.89. The van der Waals surface area contributed by atoms with Crippen molar-refractivity contribution in [3.63, 3.8) is 0 Å². The van der Waals surface area contributed by atoms with Gasteiger partial charge in [0.2, 0.25) is 15.9 Å². The number of hydrogen-bond donors (Lipinski definition) is 1. The van der Waals surface area contributed by atoms with Crippen LogP contribution in [0.15, 0.2) is 47.4 Å². The first-order valence-corrected chi connectivity index (χ1v) is 11.6. The van der Waals surface area contributed by atoms with Gasteiger partial charge in [-0.1, -0.05) is 41.5 Å². The minimum atomic E-state index is -3.50. The molecule has 1 heterocycles. The van der Waals surface area contributed by atoms with Crippen LogP contribution < -0.4 is 5.32 Å². The molecule has 1 amide bonds. The Morgan fingerprint density at radius 3 is 2.17 bits per heavy atom. The smallest absolute Gasteiger partial charge is 0.243 e. The molecular weight excluding hydrogens is 384 g/mol. The monoisotopic (exact) mass is 414 g/mol. The summed E-state index contributed by atoms with van der Waals surface area (Å²) in [4.78, 5) is 13.1. The molecule has 0 spiro atoms. The molecule has 29 heavy (non-hydrogen) atoms. The molecule has 1 unspecified atom stereocenters. The number of carbonyl (C=O) groups excluding carboxylic acids is 1. The van der Waals surface area contributed by atoms with E-state index in [1.807, 2.05) is 26.0 Å². The van der Waals surface area contributed by atoms with E-state index in [2.05, 4.69) is 37.4 Å². The van der Waals surface area contributed by atoms with Crippen molar-refractivity contribution in [2.24, 2.45) is 5.92 Å². The number of amides is 1. The van der Waals surface area contributed by atoms with E-state index >= 15 is 0 Å². The number of piperidine rings is 1. The van der Waals surface area contributed by atoms with Gasteiger partial charge in [-0.05, 0) is 63.8 Å². The lowest BCUT2D eigenvalue weighted by molar-refractivity contribution is -0.126. The number of sulfonamides is 1. The molecule has 6 heteroatoms. The molecule has 1 aliphatic heterocycles. The third-order valence-electron chi connectivity index (χ3n) is 5.73. The van der Waals surface area contributed by atoms with Crippen LogP contribution in [0, 0.1) is 26.7 Å². The maximum atomic E-state index is 12.8. The van der Waals surface area contributed by atoms with Gasteiger partial charge >= 0.3 is 0 Å². The van der Waals surface area contributed by atoms with Crippen LogP contribution in [0.25, 0.3) is 0 Å². The summed E-state index contributed by atoms with van der Waals surface area (Å²) in [5, 5.41) is 3.11. The van der Waals surface area contributed by atoms with Gasteiger partial charge in [0.25, 0.3) is 0 Å². The Morgan fingerprint density at radius 1 is 1.00 bits per heavy atom. The Morgan fingerprint density at radius 2 is 1.59 bits per heavy atom. The van der Waals surface area contributed by atoms with E-state index in [1.165, 1.54) is 9.87 Å². The zero-order valence-electron chi connectivity index (χ0n) is 17.6. The van der Waals surface area contributed by atoms with E-state index in [0.29, 0.717) is 30.8 Å². The lowest BCUT2D eigenvalue weighted by atomic mass is 9.95. The van der Waals surface area contributed by atoms with E-state index in [-0.39, 0.29) is 17.9 Å². The molecule has 156 valence electrons. The molecule has 0 bridgehead atoms. The highest BCUT2D eigenvalue weighted by Gasteiger charge is 2.32. The zero-order chi connectivity index (χ0) is 21.2. The summed E-state index contributed by atoms with van der Waals surface area (Å²) in [5.41, 5.74) is 4.50. The SMILES string of the molecule is Cc1ccc(S(=O)(=O)N2CCC(C(=O)NC(C)c3ccc(C)cc3C)CC2)cc1. The number of carbonyl (C=O) groups is 1. The number of aryl methyl sites for hydroxylation is 3. The highest BCUT2D eigenvalue weighted by molar-refractivity contribution is 7.89. The van der Waals surface area contributed by atoms with Crippen molar-refractivity contribution >= 4 is 15.9 Å². The Hall–Kier alpha value is -2.18. The van der Waals surface area contributed by atoms with Gasteiger partial charge in [0.15, 0.2) is 0 Å². The van der Waals surface area contributed by atoms with Crippen molar-refractivity contribution in [1.82, 2.24) is 9.62 Å². The predicted molar refractivity (Wildman–Crippen MR) is 115 cm³/mol. The van der Waals surface area contributed by atoms with Crippen LogP contribution >= 0.6 is 0 Å². The van der Waals surface area contributed by atoms with Crippen LogP contribution in [-0.4, -0.2) is 31.7 Å². The highest BCUT2D eigenvalue weighted by Crippen LogP contribution is 2.25. The van der Waals surface area contributed by atoms with E-state index in [0.717, 1.165) is 16.7 Å². The second kappa shape index (κ2) is 8.67. The Bertz CT molecular complexity index is 976. The number of benzene rings is 2. The van der Waals surface area contributed by atoms with Crippen molar-refractivity contribution in [2.75, 3.05) is 13.1 Å². The van der Waals surface area contributed by atoms with Gasteiger partial charge in [-0.15, -0.1) is 0 Å². The van der Waals surface area contributed by atoms with Gasteiger partial charge in [-0.2, -0.15) is 4.31 Å². The molecule has 0 saturated carbocycles. The molecule has 3 rings (SSSR count). The maximum absolute atomic E-state index is 12.8. The Labute approximate surface area is 174 Å². The highest BCUT2D eigenvalue weighted by atomic mass is 32.2. The Kier molecular flexibility index (Phi) is 6.44. The van der Waals surface area contributed by atoms with Gasteiger partial charge in [-0.3, -0.25) is 4.79 Å². The molecule has 0 aliphatic carbocycles. The van der Waals surface area contributed by atoms with Crippen molar-refractivity contribution in [3.8, 4) is 0 Å². The summed E-state index contributed by atoms with van der Waals surface area (Å²) in [7, 11) is -3.50. The summed E-state index contributed by atoms with van der Waals surface area (Å²) in [6, 6.07) is 13.1. The van der Waals surface area contributed by atoms with Crippen molar-refractivity contribution in [1.29, 1.82) is 0 Å². The molecule has 2 aromatic rings. The molecule has 1 N–H and O–H groups in total. The topological polar surface area (TPSA) is 66.5 Å². The van der Waals surface area contributed by atoms with Gasteiger partial charge in [0, 0.05) is 19.0 Å². The fourth-order valence-electron chi connectivity index (χ4n) is 3.94. The zero-order valence-corrected chi connectivity index (χ0v) is 18.4. The minimum Gasteiger partial charge on any atom is -0.349 e. The van der Waals surface area contributed by atoms with Crippen molar-refractivity contribution < 1.29 is 13.2 Å². The van der Waals surface area contributed by atoms with Crippen LogP contribution in [-0.2, 0) is 14.8 Å². The Balaban J connectivity index is 1.60. The number of hydrogen-bond acceptors (Lipinski definition) is 3. The van der Waals surface area contributed by atoms with Crippen LogP contribution in [0.5, 0.6) is 0 Å². The summed E-state index contributed by atoms with van der Waals surface area (Å²) < 4.78 is 27.2. The van der Waals surface area contributed by atoms with Crippen LogP contribution in [0.1, 0.15) is 48.1 Å².